The fourth-order valence-corrected chi connectivity index (χ4v) is 2.10. The van der Waals surface area contributed by atoms with Crippen LogP contribution in [0.2, 0.25) is 0 Å². The largest absolute Gasteiger partial charge is 0.309 e. The summed E-state index contributed by atoms with van der Waals surface area (Å²) in [6, 6.07) is 9.25. The first kappa shape index (κ1) is 8.76. The van der Waals surface area contributed by atoms with E-state index in [-0.39, 0.29) is 5.41 Å². The molecule has 1 heteroatoms. The average Bonchev–Trinajstić information content (AvgIpc) is 2.13. The Bertz CT molecular complexity index is 315. The maximum atomic E-state index is 3.53. The number of benzene rings is 1. The maximum absolute atomic E-state index is 3.53. The molecule has 1 aliphatic heterocycles. The summed E-state index contributed by atoms with van der Waals surface area (Å²) in [6.45, 7) is 7.90. The van der Waals surface area contributed by atoms with Gasteiger partial charge in [-0.3, -0.25) is 0 Å². The molecule has 1 unspecified atom stereocenters. The fourth-order valence-electron chi connectivity index (χ4n) is 2.10. The predicted molar refractivity (Wildman–Crippen MR) is 55.9 cm³/mol. The number of hydrogen-bond donors (Lipinski definition) is 1. The highest BCUT2D eigenvalue weighted by atomic mass is 14.9. The Hall–Kier alpha value is -0.820. The van der Waals surface area contributed by atoms with Crippen LogP contribution in [0.5, 0.6) is 0 Å². The van der Waals surface area contributed by atoms with E-state index in [4.69, 9.17) is 0 Å². The molecule has 1 N–H and O–H groups in total. The minimum Gasteiger partial charge on any atom is -0.309 e. The first-order valence-corrected chi connectivity index (χ1v) is 4.94. The van der Waals surface area contributed by atoms with Crippen molar-refractivity contribution >= 4 is 0 Å². The molecule has 0 aromatic heterocycles. The number of fused-ring (bicyclic) bond motifs is 1. The number of rotatable bonds is 0. The summed E-state index contributed by atoms with van der Waals surface area (Å²) in [5.74, 6) is 0. The van der Waals surface area contributed by atoms with Crippen LogP contribution >= 0.6 is 0 Å². The minimum atomic E-state index is 0.281. The van der Waals surface area contributed by atoms with Gasteiger partial charge in [-0.15, -0.1) is 0 Å². The van der Waals surface area contributed by atoms with Crippen LogP contribution in [0.1, 0.15) is 37.9 Å². The summed E-state index contributed by atoms with van der Waals surface area (Å²) in [6.07, 6.45) is 0. The second-order valence-corrected chi connectivity index (χ2v) is 4.57. The van der Waals surface area contributed by atoms with Gasteiger partial charge < -0.3 is 5.32 Å². The van der Waals surface area contributed by atoms with E-state index in [1.807, 2.05) is 0 Å². The van der Waals surface area contributed by atoms with Gasteiger partial charge in [0.25, 0.3) is 0 Å². The molecule has 0 saturated heterocycles. The van der Waals surface area contributed by atoms with E-state index in [0.29, 0.717) is 6.04 Å². The molecule has 0 aliphatic carbocycles. The van der Waals surface area contributed by atoms with E-state index in [2.05, 4.69) is 50.4 Å². The fraction of sp³-hybridized carbons (Fsp3) is 0.500. The van der Waals surface area contributed by atoms with Crippen molar-refractivity contribution in [2.45, 2.75) is 32.2 Å². The molecule has 0 fully saturated rings. The molecule has 70 valence electrons. The van der Waals surface area contributed by atoms with Gasteiger partial charge in [-0.2, -0.15) is 0 Å². The molecule has 1 aliphatic rings. The minimum absolute atomic E-state index is 0.281. The van der Waals surface area contributed by atoms with Crippen LogP contribution in [0, 0.1) is 0 Å². The zero-order valence-corrected chi connectivity index (χ0v) is 8.59. The lowest BCUT2D eigenvalue weighted by molar-refractivity contribution is 0.395. The summed E-state index contributed by atoms with van der Waals surface area (Å²) in [5.41, 5.74) is 3.24. The maximum Gasteiger partial charge on any atom is 0.0295 e. The molecule has 0 amide bonds. The van der Waals surface area contributed by atoms with Gasteiger partial charge in [0.2, 0.25) is 0 Å². The topological polar surface area (TPSA) is 12.0 Å². The molecule has 0 bridgehead atoms. The van der Waals surface area contributed by atoms with E-state index in [9.17, 15) is 0 Å². The van der Waals surface area contributed by atoms with Crippen LogP contribution in [0.4, 0.5) is 0 Å². The quantitative estimate of drug-likeness (QED) is 0.639. The van der Waals surface area contributed by atoms with Gasteiger partial charge in [0, 0.05) is 18.0 Å². The van der Waals surface area contributed by atoms with Gasteiger partial charge in [0.15, 0.2) is 0 Å². The lowest BCUT2D eigenvalue weighted by Gasteiger charge is -2.36. The molecule has 0 saturated carbocycles. The zero-order valence-electron chi connectivity index (χ0n) is 8.59. The Kier molecular flexibility index (Phi) is 1.92. The highest BCUT2D eigenvalue weighted by Crippen LogP contribution is 2.33. The van der Waals surface area contributed by atoms with Crippen LogP contribution in [0.3, 0.4) is 0 Å². The van der Waals surface area contributed by atoms with Gasteiger partial charge in [0.05, 0.1) is 0 Å². The van der Waals surface area contributed by atoms with Crippen LogP contribution in [0.15, 0.2) is 24.3 Å². The van der Waals surface area contributed by atoms with Crippen molar-refractivity contribution in [3.63, 3.8) is 0 Å². The highest BCUT2D eigenvalue weighted by Gasteiger charge is 2.29. The van der Waals surface area contributed by atoms with Crippen LogP contribution in [-0.4, -0.2) is 6.54 Å². The van der Waals surface area contributed by atoms with Crippen LogP contribution < -0.4 is 5.32 Å². The molecule has 0 spiro atoms. The van der Waals surface area contributed by atoms with E-state index >= 15 is 0 Å². The first-order valence-electron chi connectivity index (χ1n) is 4.94. The van der Waals surface area contributed by atoms with Crippen molar-refractivity contribution in [3.8, 4) is 0 Å². The zero-order chi connectivity index (χ0) is 9.47. The van der Waals surface area contributed by atoms with Crippen molar-refractivity contribution in [3.05, 3.63) is 35.4 Å². The molecular weight excluding hydrogens is 158 g/mol. The lowest BCUT2D eigenvalue weighted by atomic mass is 9.77. The normalized spacial score (nSPS) is 25.3. The van der Waals surface area contributed by atoms with Crippen LogP contribution in [0.25, 0.3) is 0 Å². The van der Waals surface area contributed by atoms with Crippen molar-refractivity contribution < 1.29 is 0 Å². The summed E-state index contributed by atoms with van der Waals surface area (Å²) in [7, 11) is 0. The van der Waals surface area contributed by atoms with Gasteiger partial charge >= 0.3 is 0 Å². The Balaban J connectivity index is 2.55. The van der Waals surface area contributed by atoms with Gasteiger partial charge in [0.1, 0.15) is 0 Å². The Morgan fingerprint density at radius 2 is 2.00 bits per heavy atom. The van der Waals surface area contributed by atoms with Gasteiger partial charge in [-0.1, -0.05) is 38.1 Å². The average molecular weight is 175 g/mol. The smallest absolute Gasteiger partial charge is 0.0295 e. The Labute approximate surface area is 80.2 Å². The molecule has 1 nitrogen and oxygen atoms in total. The third-order valence-electron chi connectivity index (χ3n) is 3.01. The summed E-state index contributed by atoms with van der Waals surface area (Å²) in [5, 5.41) is 3.53. The summed E-state index contributed by atoms with van der Waals surface area (Å²) in [4.78, 5) is 0. The summed E-state index contributed by atoms with van der Waals surface area (Å²) >= 11 is 0. The Morgan fingerprint density at radius 3 is 2.69 bits per heavy atom. The number of nitrogens with one attached hydrogen (secondary N) is 1. The molecule has 0 radical (unpaired) electrons. The molecule has 2 rings (SSSR count). The summed E-state index contributed by atoms with van der Waals surface area (Å²) < 4.78 is 0. The molecule has 1 aromatic carbocycles. The second-order valence-electron chi connectivity index (χ2n) is 4.57. The third kappa shape index (κ3) is 1.37. The molecular formula is C12H17N. The number of hydrogen-bond acceptors (Lipinski definition) is 1. The third-order valence-corrected chi connectivity index (χ3v) is 3.01. The van der Waals surface area contributed by atoms with E-state index < -0.39 is 0 Å². The first-order chi connectivity index (χ1) is 6.11. The second kappa shape index (κ2) is 2.85. The van der Waals surface area contributed by atoms with E-state index in [1.165, 1.54) is 11.1 Å². The van der Waals surface area contributed by atoms with Gasteiger partial charge in [-0.25, -0.2) is 0 Å². The van der Waals surface area contributed by atoms with Crippen molar-refractivity contribution in [1.29, 1.82) is 0 Å². The monoisotopic (exact) mass is 175 g/mol. The van der Waals surface area contributed by atoms with Crippen LogP contribution in [-0.2, 0) is 5.41 Å². The van der Waals surface area contributed by atoms with E-state index in [0.717, 1.165) is 6.54 Å². The SMILES string of the molecule is CC1NCC(C)(C)c2ccccc21. The highest BCUT2D eigenvalue weighted by molar-refractivity contribution is 5.37. The molecule has 1 heterocycles. The molecule has 13 heavy (non-hydrogen) atoms. The van der Waals surface area contributed by atoms with Gasteiger partial charge in [-0.05, 0) is 18.1 Å². The van der Waals surface area contributed by atoms with Crippen molar-refractivity contribution in [2.24, 2.45) is 0 Å². The van der Waals surface area contributed by atoms with E-state index in [1.54, 1.807) is 0 Å². The standard InChI is InChI=1S/C12H17N/c1-9-10-6-4-5-7-11(10)12(2,3)8-13-9/h4-7,9,13H,8H2,1-3H3. The predicted octanol–water partition coefficient (Wildman–Crippen LogP) is 2.63. The lowest BCUT2D eigenvalue weighted by Crippen LogP contribution is -2.40. The molecule has 1 aromatic rings. The Morgan fingerprint density at radius 1 is 1.31 bits per heavy atom. The van der Waals surface area contributed by atoms with Crippen molar-refractivity contribution in [2.75, 3.05) is 6.54 Å². The molecule has 1 atom stereocenters. The van der Waals surface area contributed by atoms with Crippen molar-refractivity contribution in [1.82, 2.24) is 5.32 Å².